The molecule has 0 spiro atoms. The SMILES string of the molecule is CCCSC(=S)P(=O)(OCC)OCC. The zero-order valence-electron chi connectivity index (χ0n) is 8.82. The highest BCUT2D eigenvalue weighted by Gasteiger charge is 2.29. The molecule has 0 atom stereocenters. The Kier molecular flexibility index (Phi) is 8.16. The summed E-state index contributed by atoms with van der Waals surface area (Å²) in [5.74, 6) is 0.850. The van der Waals surface area contributed by atoms with Crippen molar-refractivity contribution in [3.05, 3.63) is 0 Å². The minimum Gasteiger partial charge on any atom is -0.305 e. The van der Waals surface area contributed by atoms with Gasteiger partial charge in [0.1, 0.15) is 0 Å². The summed E-state index contributed by atoms with van der Waals surface area (Å²) in [6.07, 6.45) is 0.989. The minimum atomic E-state index is -3.15. The highest BCUT2D eigenvalue weighted by atomic mass is 32.2. The van der Waals surface area contributed by atoms with Crippen LogP contribution in [0.5, 0.6) is 0 Å². The molecule has 0 aromatic rings. The third kappa shape index (κ3) is 4.89. The Labute approximate surface area is 95.5 Å². The van der Waals surface area contributed by atoms with Crippen LogP contribution in [0.3, 0.4) is 0 Å². The van der Waals surface area contributed by atoms with Crippen LogP contribution < -0.4 is 0 Å². The van der Waals surface area contributed by atoms with Crippen LogP contribution in [0.2, 0.25) is 0 Å². The van der Waals surface area contributed by atoms with Crippen molar-refractivity contribution in [3.8, 4) is 0 Å². The van der Waals surface area contributed by atoms with Gasteiger partial charge in [-0.05, 0) is 26.0 Å². The van der Waals surface area contributed by atoms with E-state index in [0.717, 1.165) is 12.2 Å². The molecule has 14 heavy (non-hydrogen) atoms. The second kappa shape index (κ2) is 7.83. The van der Waals surface area contributed by atoms with Crippen LogP contribution in [0.1, 0.15) is 27.2 Å². The average molecular weight is 256 g/mol. The van der Waals surface area contributed by atoms with Crippen LogP contribution in [-0.2, 0) is 13.6 Å². The fourth-order valence-corrected chi connectivity index (χ4v) is 3.88. The maximum Gasteiger partial charge on any atom is 0.378 e. The van der Waals surface area contributed by atoms with Crippen molar-refractivity contribution in [1.82, 2.24) is 0 Å². The fourth-order valence-electron chi connectivity index (χ4n) is 0.751. The van der Waals surface area contributed by atoms with Crippen LogP contribution in [-0.4, -0.2) is 22.9 Å². The molecule has 0 saturated carbocycles. The highest BCUT2D eigenvalue weighted by Crippen LogP contribution is 2.53. The van der Waals surface area contributed by atoms with Crippen molar-refractivity contribution < 1.29 is 13.6 Å². The van der Waals surface area contributed by atoms with E-state index in [2.05, 4.69) is 0 Å². The number of thioether (sulfide) groups is 1. The lowest BCUT2D eigenvalue weighted by molar-refractivity contribution is 0.233. The van der Waals surface area contributed by atoms with E-state index >= 15 is 0 Å². The van der Waals surface area contributed by atoms with Gasteiger partial charge < -0.3 is 9.05 Å². The van der Waals surface area contributed by atoms with Crippen molar-refractivity contribution in [2.24, 2.45) is 0 Å². The van der Waals surface area contributed by atoms with E-state index in [1.807, 2.05) is 6.92 Å². The van der Waals surface area contributed by atoms with E-state index in [9.17, 15) is 4.57 Å². The third-order valence-corrected chi connectivity index (χ3v) is 5.84. The van der Waals surface area contributed by atoms with E-state index in [4.69, 9.17) is 21.3 Å². The molecule has 84 valence electrons. The number of thiocarbonyl (C=S) groups is 1. The standard InChI is InChI=1S/C8H17O3PS2/c1-4-7-14-8(13)12(9,10-5-2)11-6-3/h4-7H2,1-3H3. The molecule has 0 saturated heterocycles. The Hall–Kier alpha value is 0.590. The first-order valence-electron chi connectivity index (χ1n) is 4.67. The molecule has 0 aliphatic rings. The Morgan fingerprint density at radius 2 is 1.79 bits per heavy atom. The van der Waals surface area contributed by atoms with Crippen molar-refractivity contribution in [3.63, 3.8) is 0 Å². The first-order chi connectivity index (χ1) is 6.60. The Balaban J connectivity index is 4.31. The predicted molar refractivity (Wildman–Crippen MR) is 66.2 cm³/mol. The third-order valence-electron chi connectivity index (χ3n) is 1.25. The van der Waals surface area contributed by atoms with Crippen molar-refractivity contribution in [2.75, 3.05) is 19.0 Å². The maximum absolute atomic E-state index is 12.0. The van der Waals surface area contributed by atoms with E-state index in [1.54, 1.807) is 13.8 Å². The summed E-state index contributed by atoms with van der Waals surface area (Å²) >= 11 is 6.42. The van der Waals surface area contributed by atoms with Gasteiger partial charge in [-0.1, -0.05) is 19.1 Å². The quantitative estimate of drug-likeness (QED) is 0.513. The molecule has 0 heterocycles. The molecule has 0 aromatic heterocycles. The zero-order chi connectivity index (χ0) is 11.0. The zero-order valence-corrected chi connectivity index (χ0v) is 11.3. The van der Waals surface area contributed by atoms with Gasteiger partial charge in [-0.2, -0.15) is 0 Å². The van der Waals surface area contributed by atoms with E-state index in [1.165, 1.54) is 11.8 Å². The predicted octanol–water partition coefficient (Wildman–Crippen LogP) is 3.68. The summed E-state index contributed by atoms with van der Waals surface area (Å²) < 4.78 is 22.6. The molecule has 0 amide bonds. The molecule has 0 rings (SSSR count). The highest BCUT2D eigenvalue weighted by molar-refractivity contribution is 8.35. The van der Waals surface area contributed by atoms with Gasteiger partial charge >= 0.3 is 7.60 Å². The monoisotopic (exact) mass is 256 g/mol. The van der Waals surface area contributed by atoms with Gasteiger partial charge in [-0.3, -0.25) is 4.57 Å². The van der Waals surface area contributed by atoms with E-state index in [0.29, 0.717) is 17.2 Å². The summed E-state index contributed by atoms with van der Waals surface area (Å²) in [7, 11) is -3.15. The molecule has 0 radical (unpaired) electrons. The van der Waals surface area contributed by atoms with Crippen LogP contribution in [0.15, 0.2) is 0 Å². The van der Waals surface area contributed by atoms with E-state index in [-0.39, 0.29) is 0 Å². The summed E-state index contributed by atoms with van der Waals surface area (Å²) in [6, 6.07) is 0. The van der Waals surface area contributed by atoms with E-state index < -0.39 is 7.60 Å². The first kappa shape index (κ1) is 14.6. The summed E-state index contributed by atoms with van der Waals surface area (Å²) in [6.45, 7) is 6.30. The lowest BCUT2D eigenvalue weighted by Crippen LogP contribution is -2.02. The number of rotatable bonds is 7. The Morgan fingerprint density at radius 3 is 2.14 bits per heavy atom. The Bertz CT molecular complexity index is 211. The summed E-state index contributed by atoms with van der Waals surface area (Å²) in [5, 5.41) is 0. The van der Waals surface area contributed by atoms with Crippen molar-refractivity contribution >= 4 is 35.5 Å². The normalized spacial score (nSPS) is 11.6. The smallest absolute Gasteiger partial charge is 0.305 e. The van der Waals surface area contributed by atoms with Gasteiger partial charge in [0, 0.05) is 0 Å². The molecule has 0 unspecified atom stereocenters. The van der Waals surface area contributed by atoms with Gasteiger partial charge in [0.2, 0.25) is 0 Å². The average Bonchev–Trinajstić information content (AvgIpc) is 2.15. The summed E-state index contributed by atoms with van der Waals surface area (Å²) in [4.78, 5) is 0. The minimum absolute atomic E-state index is 0.350. The number of hydrogen-bond donors (Lipinski definition) is 0. The van der Waals surface area contributed by atoms with Gasteiger partial charge in [0.15, 0.2) is 3.94 Å². The molecule has 0 fully saturated rings. The summed E-state index contributed by atoms with van der Waals surface area (Å²) in [5.41, 5.74) is 0. The van der Waals surface area contributed by atoms with Gasteiger partial charge in [0.25, 0.3) is 0 Å². The molecular weight excluding hydrogens is 239 g/mol. The van der Waals surface area contributed by atoms with Crippen molar-refractivity contribution in [1.29, 1.82) is 0 Å². The van der Waals surface area contributed by atoms with Gasteiger partial charge in [-0.25, -0.2) is 0 Å². The molecule has 0 aliphatic heterocycles. The lowest BCUT2D eigenvalue weighted by atomic mass is 10.6. The van der Waals surface area contributed by atoms with Gasteiger partial charge in [0.05, 0.1) is 13.2 Å². The van der Waals surface area contributed by atoms with Crippen LogP contribution in [0.25, 0.3) is 0 Å². The molecule has 0 aliphatic carbocycles. The topological polar surface area (TPSA) is 35.5 Å². The van der Waals surface area contributed by atoms with Crippen LogP contribution >= 0.6 is 31.6 Å². The number of hydrogen-bond acceptors (Lipinski definition) is 5. The molecule has 3 nitrogen and oxygen atoms in total. The molecular formula is C8H17O3PS2. The van der Waals surface area contributed by atoms with Gasteiger partial charge in [-0.15, -0.1) is 11.8 Å². The second-order valence-corrected chi connectivity index (χ2v) is 6.78. The van der Waals surface area contributed by atoms with Crippen molar-refractivity contribution in [2.45, 2.75) is 27.2 Å². The maximum atomic E-state index is 12.0. The molecule has 0 bridgehead atoms. The fraction of sp³-hybridized carbons (Fsp3) is 0.875. The largest absolute Gasteiger partial charge is 0.378 e. The first-order valence-corrected chi connectivity index (χ1v) is 7.60. The molecule has 0 N–H and O–H groups in total. The molecule has 0 aromatic carbocycles. The second-order valence-electron chi connectivity index (χ2n) is 2.45. The molecule has 6 heteroatoms. The van der Waals surface area contributed by atoms with Crippen LogP contribution in [0, 0.1) is 0 Å². The lowest BCUT2D eigenvalue weighted by Gasteiger charge is -2.16. The Morgan fingerprint density at radius 1 is 1.29 bits per heavy atom. The van der Waals surface area contributed by atoms with Crippen LogP contribution in [0.4, 0.5) is 0 Å².